The van der Waals surface area contributed by atoms with Crippen molar-refractivity contribution in [1.29, 1.82) is 0 Å². The minimum atomic E-state index is 0.736. The maximum Gasteiger partial charge on any atom is 0.0493 e. The van der Waals surface area contributed by atoms with Crippen molar-refractivity contribution in [3.8, 4) is 0 Å². The van der Waals surface area contributed by atoms with E-state index in [1.807, 2.05) is 0 Å². The molecule has 0 aliphatic heterocycles. The Bertz CT molecular complexity index is 138. The van der Waals surface area contributed by atoms with Crippen LogP contribution in [0.15, 0.2) is 0 Å². The third-order valence-corrected chi connectivity index (χ3v) is 3.26. The van der Waals surface area contributed by atoms with Gasteiger partial charge in [0.1, 0.15) is 0 Å². The molecular formula is C11H23NO. The summed E-state index contributed by atoms with van der Waals surface area (Å²) in [6, 6.07) is 0.736. The van der Waals surface area contributed by atoms with Gasteiger partial charge in [-0.3, -0.25) is 0 Å². The van der Waals surface area contributed by atoms with Gasteiger partial charge in [0.2, 0.25) is 0 Å². The molecule has 1 aliphatic carbocycles. The summed E-state index contributed by atoms with van der Waals surface area (Å²) in [4.78, 5) is 0. The Hall–Kier alpha value is -0.0800. The minimum Gasteiger partial charge on any atom is -0.384 e. The highest BCUT2D eigenvalue weighted by molar-refractivity contribution is 4.86. The molecule has 0 spiro atoms. The van der Waals surface area contributed by atoms with Crippen LogP contribution in [0.4, 0.5) is 0 Å². The molecule has 0 radical (unpaired) electrons. The molecule has 0 heterocycles. The van der Waals surface area contributed by atoms with Crippen molar-refractivity contribution in [3.05, 3.63) is 0 Å². The van der Waals surface area contributed by atoms with Crippen LogP contribution in [-0.4, -0.2) is 26.3 Å². The number of hydrogen-bond donors (Lipinski definition) is 1. The molecule has 1 saturated carbocycles. The Morgan fingerprint density at radius 1 is 1.38 bits per heavy atom. The summed E-state index contributed by atoms with van der Waals surface area (Å²) in [6.45, 7) is 6.67. The van der Waals surface area contributed by atoms with Crippen LogP contribution < -0.4 is 5.32 Å². The van der Waals surface area contributed by atoms with Gasteiger partial charge in [0.25, 0.3) is 0 Å². The molecule has 0 amide bonds. The largest absolute Gasteiger partial charge is 0.384 e. The van der Waals surface area contributed by atoms with Gasteiger partial charge in [0, 0.05) is 19.8 Å². The lowest BCUT2D eigenvalue weighted by Gasteiger charge is -2.21. The molecule has 1 rings (SSSR count). The van der Waals surface area contributed by atoms with Crippen molar-refractivity contribution >= 4 is 0 Å². The number of ether oxygens (including phenoxy) is 1. The highest BCUT2D eigenvalue weighted by Crippen LogP contribution is 2.31. The summed E-state index contributed by atoms with van der Waals surface area (Å²) in [7, 11) is 1.81. The van der Waals surface area contributed by atoms with E-state index in [0.717, 1.165) is 31.0 Å². The molecule has 0 saturated heterocycles. The van der Waals surface area contributed by atoms with E-state index in [1.54, 1.807) is 7.11 Å². The maximum absolute atomic E-state index is 5.22. The average Bonchev–Trinajstić information content (AvgIpc) is 2.46. The highest BCUT2D eigenvalue weighted by Gasteiger charge is 2.31. The topological polar surface area (TPSA) is 21.3 Å². The lowest BCUT2D eigenvalue weighted by molar-refractivity contribution is 0.133. The second kappa shape index (κ2) is 5.61. The van der Waals surface area contributed by atoms with Crippen LogP contribution in [0.5, 0.6) is 0 Å². The fourth-order valence-corrected chi connectivity index (χ4v) is 2.31. The van der Waals surface area contributed by atoms with E-state index in [1.165, 1.54) is 19.3 Å². The lowest BCUT2D eigenvalue weighted by atomic mass is 9.96. The molecule has 2 heteroatoms. The Labute approximate surface area is 82.0 Å². The Morgan fingerprint density at radius 2 is 2.15 bits per heavy atom. The summed E-state index contributed by atoms with van der Waals surface area (Å²) in [6.07, 6.45) is 3.89. The second-order valence-corrected chi connectivity index (χ2v) is 4.21. The van der Waals surface area contributed by atoms with Crippen LogP contribution in [0.2, 0.25) is 0 Å². The molecule has 0 aromatic rings. The van der Waals surface area contributed by atoms with Crippen LogP contribution >= 0.6 is 0 Å². The monoisotopic (exact) mass is 185 g/mol. The first kappa shape index (κ1) is 11.0. The van der Waals surface area contributed by atoms with E-state index < -0.39 is 0 Å². The van der Waals surface area contributed by atoms with E-state index in [2.05, 4.69) is 19.2 Å². The molecular weight excluding hydrogens is 162 g/mol. The summed E-state index contributed by atoms with van der Waals surface area (Å²) < 4.78 is 5.22. The van der Waals surface area contributed by atoms with Crippen LogP contribution in [0.1, 0.15) is 33.1 Å². The summed E-state index contributed by atoms with van der Waals surface area (Å²) >= 11 is 0. The average molecular weight is 185 g/mol. The zero-order valence-corrected chi connectivity index (χ0v) is 9.18. The standard InChI is InChI=1S/C11H23NO/c1-4-7-12-11-6-5-10(8-13-3)9(11)2/h9-12H,4-8H2,1-3H3. The molecule has 0 bridgehead atoms. The first-order valence-electron chi connectivity index (χ1n) is 5.52. The van der Waals surface area contributed by atoms with Crippen molar-refractivity contribution in [2.24, 2.45) is 11.8 Å². The molecule has 3 atom stereocenters. The fourth-order valence-electron chi connectivity index (χ4n) is 2.31. The molecule has 0 aromatic heterocycles. The van der Waals surface area contributed by atoms with E-state index in [-0.39, 0.29) is 0 Å². The smallest absolute Gasteiger partial charge is 0.0493 e. The second-order valence-electron chi connectivity index (χ2n) is 4.21. The molecule has 1 aliphatic rings. The Morgan fingerprint density at radius 3 is 2.77 bits per heavy atom. The summed E-state index contributed by atoms with van der Waals surface area (Å²) in [5.74, 6) is 1.56. The van der Waals surface area contributed by atoms with Crippen LogP contribution in [0.25, 0.3) is 0 Å². The SMILES string of the molecule is CCCNC1CCC(COC)C1C. The highest BCUT2D eigenvalue weighted by atomic mass is 16.5. The molecule has 1 N–H and O–H groups in total. The van der Waals surface area contributed by atoms with E-state index in [0.29, 0.717) is 0 Å². The zero-order chi connectivity index (χ0) is 9.68. The minimum absolute atomic E-state index is 0.736. The van der Waals surface area contributed by atoms with Gasteiger partial charge in [-0.05, 0) is 37.6 Å². The van der Waals surface area contributed by atoms with Crippen molar-refractivity contribution in [2.45, 2.75) is 39.2 Å². The van der Waals surface area contributed by atoms with Gasteiger partial charge in [0.15, 0.2) is 0 Å². The summed E-state index contributed by atoms with van der Waals surface area (Å²) in [5.41, 5.74) is 0. The first-order valence-corrected chi connectivity index (χ1v) is 5.52. The van der Waals surface area contributed by atoms with Crippen molar-refractivity contribution in [1.82, 2.24) is 5.32 Å². The molecule has 0 aromatic carbocycles. The lowest BCUT2D eigenvalue weighted by Crippen LogP contribution is -2.33. The van der Waals surface area contributed by atoms with Gasteiger partial charge < -0.3 is 10.1 Å². The predicted molar refractivity (Wildman–Crippen MR) is 55.8 cm³/mol. The normalized spacial score (nSPS) is 33.9. The third-order valence-electron chi connectivity index (χ3n) is 3.26. The summed E-state index contributed by atoms with van der Waals surface area (Å²) in [5, 5.41) is 3.61. The van der Waals surface area contributed by atoms with Gasteiger partial charge in [-0.2, -0.15) is 0 Å². The van der Waals surface area contributed by atoms with Gasteiger partial charge in [0.05, 0.1) is 0 Å². The number of hydrogen-bond acceptors (Lipinski definition) is 2. The van der Waals surface area contributed by atoms with Crippen molar-refractivity contribution in [2.75, 3.05) is 20.3 Å². The molecule has 1 fully saturated rings. The molecule has 3 unspecified atom stereocenters. The first-order chi connectivity index (χ1) is 6.29. The van der Waals surface area contributed by atoms with E-state index >= 15 is 0 Å². The van der Waals surface area contributed by atoms with Gasteiger partial charge in [-0.1, -0.05) is 13.8 Å². The third kappa shape index (κ3) is 2.96. The number of nitrogens with one attached hydrogen (secondary N) is 1. The molecule has 78 valence electrons. The van der Waals surface area contributed by atoms with Gasteiger partial charge >= 0.3 is 0 Å². The van der Waals surface area contributed by atoms with Crippen LogP contribution in [0, 0.1) is 11.8 Å². The number of rotatable bonds is 5. The Kier molecular flexibility index (Phi) is 4.74. The quantitative estimate of drug-likeness (QED) is 0.708. The predicted octanol–water partition coefficient (Wildman–Crippen LogP) is 2.05. The molecule has 13 heavy (non-hydrogen) atoms. The van der Waals surface area contributed by atoms with E-state index in [9.17, 15) is 0 Å². The fraction of sp³-hybridized carbons (Fsp3) is 1.00. The number of methoxy groups -OCH3 is 1. The molecule has 2 nitrogen and oxygen atoms in total. The Balaban J connectivity index is 2.27. The van der Waals surface area contributed by atoms with Crippen molar-refractivity contribution < 1.29 is 4.74 Å². The van der Waals surface area contributed by atoms with E-state index in [4.69, 9.17) is 4.74 Å². The van der Waals surface area contributed by atoms with Crippen molar-refractivity contribution in [3.63, 3.8) is 0 Å². The van der Waals surface area contributed by atoms with Crippen LogP contribution in [0.3, 0.4) is 0 Å². The van der Waals surface area contributed by atoms with Gasteiger partial charge in [-0.25, -0.2) is 0 Å². The maximum atomic E-state index is 5.22. The zero-order valence-electron chi connectivity index (χ0n) is 9.18. The van der Waals surface area contributed by atoms with Crippen LogP contribution in [-0.2, 0) is 4.74 Å². The van der Waals surface area contributed by atoms with Gasteiger partial charge in [-0.15, -0.1) is 0 Å².